The molecule has 1 aliphatic heterocycles. The second-order valence-electron chi connectivity index (χ2n) is 2.96. The molecule has 1 aromatic rings. The fourth-order valence-corrected chi connectivity index (χ4v) is 1.41. The van der Waals surface area contributed by atoms with Crippen LogP contribution in [0.4, 0.5) is 8.78 Å². The number of halogens is 2. The monoisotopic (exact) mass is 186 g/mol. The molecule has 2 nitrogen and oxygen atoms in total. The van der Waals surface area contributed by atoms with E-state index in [-0.39, 0.29) is 17.9 Å². The fraction of sp³-hybridized carbons (Fsp3) is 0.333. The average Bonchev–Trinajstić information content (AvgIpc) is 2.07. The van der Waals surface area contributed by atoms with E-state index in [0.717, 1.165) is 12.1 Å². The molecule has 0 aromatic heterocycles. The normalized spacial score (nSPS) is 20.7. The Morgan fingerprint density at radius 2 is 2.15 bits per heavy atom. The van der Waals surface area contributed by atoms with Crippen LogP contribution in [0.5, 0.6) is 5.75 Å². The molecule has 0 aliphatic carbocycles. The predicted molar refractivity (Wildman–Crippen MR) is 41.4 cm³/mol. The molecule has 0 spiro atoms. The van der Waals surface area contributed by atoms with Crippen molar-refractivity contribution < 1.29 is 18.6 Å². The van der Waals surface area contributed by atoms with E-state index in [1.54, 1.807) is 0 Å². The average molecular weight is 186 g/mol. The van der Waals surface area contributed by atoms with Crippen molar-refractivity contribution in [2.24, 2.45) is 0 Å². The Kier molecular flexibility index (Phi) is 1.92. The zero-order valence-corrected chi connectivity index (χ0v) is 6.76. The van der Waals surface area contributed by atoms with Gasteiger partial charge in [-0.3, -0.25) is 0 Å². The van der Waals surface area contributed by atoms with Crippen LogP contribution in [-0.2, 0) is 0 Å². The maximum Gasteiger partial charge on any atom is 0.168 e. The summed E-state index contributed by atoms with van der Waals surface area (Å²) in [6, 6.07) is 1.85. The molecular weight excluding hydrogens is 178 g/mol. The zero-order valence-electron chi connectivity index (χ0n) is 6.76. The maximum atomic E-state index is 13.0. The number of aliphatic hydroxyl groups is 1. The van der Waals surface area contributed by atoms with Gasteiger partial charge < -0.3 is 9.84 Å². The van der Waals surface area contributed by atoms with Crippen molar-refractivity contribution in [2.45, 2.75) is 12.5 Å². The summed E-state index contributed by atoms with van der Waals surface area (Å²) in [6.45, 7) is 0.261. The summed E-state index contributed by atoms with van der Waals surface area (Å²) in [6.07, 6.45) is -0.454. The van der Waals surface area contributed by atoms with E-state index in [2.05, 4.69) is 0 Å². The van der Waals surface area contributed by atoms with Gasteiger partial charge in [0.25, 0.3) is 0 Å². The maximum absolute atomic E-state index is 13.0. The molecule has 1 unspecified atom stereocenters. The van der Waals surface area contributed by atoms with Crippen LogP contribution in [0.1, 0.15) is 18.1 Å². The number of rotatable bonds is 0. The SMILES string of the molecule is OC1CCOc2c(F)cc(F)cc21. The van der Waals surface area contributed by atoms with Crippen molar-refractivity contribution in [3.8, 4) is 5.75 Å². The minimum Gasteiger partial charge on any atom is -0.490 e. The third kappa shape index (κ3) is 1.37. The Balaban J connectivity index is 2.56. The second-order valence-corrected chi connectivity index (χ2v) is 2.96. The summed E-state index contributed by atoms with van der Waals surface area (Å²) < 4.78 is 30.7. The van der Waals surface area contributed by atoms with Crippen LogP contribution in [0.25, 0.3) is 0 Å². The number of fused-ring (bicyclic) bond motifs is 1. The molecule has 1 heterocycles. The van der Waals surface area contributed by atoms with Gasteiger partial charge in [0.2, 0.25) is 0 Å². The topological polar surface area (TPSA) is 29.5 Å². The van der Waals surface area contributed by atoms with Crippen molar-refractivity contribution in [1.82, 2.24) is 0 Å². The molecule has 2 rings (SSSR count). The van der Waals surface area contributed by atoms with Gasteiger partial charge in [0, 0.05) is 18.1 Å². The molecule has 1 atom stereocenters. The molecule has 1 aliphatic rings. The Morgan fingerprint density at radius 1 is 1.38 bits per heavy atom. The van der Waals surface area contributed by atoms with E-state index in [4.69, 9.17) is 4.74 Å². The summed E-state index contributed by atoms with van der Waals surface area (Å²) in [5, 5.41) is 9.40. The van der Waals surface area contributed by atoms with Crippen LogP contribution < -0.4 is 4.74 Å². The minimum absolute atomic E-state index is 0.0276. The van der Waals surface area contributed by atoms with Gasteiger partial charge in [-0.2, -0.15) is 0 Å². The lowest BCUT2D eigenvalue weighted by molar-refractivity contribution is 0.111. The fourth-order valence-electron chi connectivity index (χ4n) is 1.41. The van der Waals surface area contributed by atoms with Gasteiger partial charge >= 0.3 is 0 Å². The van der Waals surface area contributed by atoms with Gasteiger partial charge in [0.15, 0.2) is 11.6 Å². The van der Waals surface area contributed by atoms with E-state index in [1.165, 1.54) is 0 Å². The Hall–Kier alpha value is -1.16. The predicted octanol–water partition coefficient (Wildman–Crippen LogP) is 1.78. The van der Waals surface area contributed by atoms with Gasteiger partial charge in [-0.05, 0) is 6.07 Å². The summed E-state index contributed by atoms with van der Waals surface area (Å²) >= 11 is 0. The first-order chi connectivity index (χ1) is 6.18. The first-order valence-corrected chi connectivity index (χ1v) is 3.98. The van der Waals surface area contributed by atoms with Crippen LogP contribution in [0.3, 0.4) is 0 Å². The lowest BCUT2D eigenvalue weighted by Gasteiger charge is -2.22. The molecule has 13 heavy (non-hydrogen) atoms. The van der Waals surface area contributed by atoms with Crippen molar-refractivity contribution in [1.29, 1.82) is 0 Å². The first-order valence-electron chi connectivity index (χ1n) is 3.98. The highest BCUT2D eigenvalue weighted by Gasteiger charge is 2.23. The molecule has 0 fully saturated rings. The third-order valence-corrected chi connectivity index (χ3v) is 2.03. The van der Waals surface area contributed by atoms with Gasteiger partial charge in [-0.25, -0.2) is 8.78 Å². The minimum atomic E-state index is -0.825. The largest absolute Gasteiger partial charge is 0.490 e. The summed E-state index contributed by atoms with van der Waals surface area (Å²) in [4.78, 5) is 0. The van der Waals surface area contributed by atoms with E-state index < -0.39 is 17.7 Å². The van der Waals surface area contributed by atoms with Gasteiger partial charge in [-0.15, -0.1) is 0 Å². The van der Waals surface area contributed by atoms with E-state index >= 15 is 0 Å². The second kappa shape index (κ2) is 2.96. The highest BCUT2D eigenvalue weighted by molar-refractivity contribution is 5.38. The smallest absolute Gasteiger partial charge is 0.168 e. The molecular formula is C9H8F2O2. The van der Waals surface area contributed by atoms with Gasteiger partial charge in [0.05, 0.1) is 12.7 Å². The highest BCUT2D eigenvalue weighted by Crippen LogP contribution is 2.34. The molecule has 70 valence electrons. The standard InChI is InChI=1S/C9H8F2O2/c10-5-3-6-8(12)1-2-13-9(6)7(11)4-5/h3-4,8,12H,1-2H2. The van der Waals surface area contributed by atoms with Crippen molar-refractivity contribution in [2.75, 3.05) is 6.61 Å². The third-order valence-electron chi connectivity index (χ3n) is 2.03. The van der Waals surface area contributed by atoms with E-state index in [0.29, 0.717) is 6.42 Å². The quantitative estimate of drug-likeness (QED) is 0.669. The first kappa shape index (κ1) is 8.44. The lowest BCUT2D eigenvalue weighted by Crippen LogP contribution is -2.15. The Bertz CT molecular complexity index is 339. The molecule has 1 N–H and O–H groups in total. The zero-order chi connectivity index (χ0) is 9.42. The molecule has 0 saturated heterocycles. The van der Waals surface area contributed by atoms with Crippen molar-refractivity contribution >= 4 is 0 Å². The van der Waals surface area contributed by atoms with Crippen molar-refractivity contribution in [3.63, 3.8) is 0 Å². The summed E-state index contributed by atoms with van der Waals surface area (Å²) in [5.74, 6) is -1.48. The molecule has 4 heteroatoms. The number of ether oxygens (including phenoxy) is 1. The molecule has 0 amide bonds. The van der Waals surface area contributed by atoms with Crippen LogP contribution in [0, 0.1) is 11.6 Å². The summed E-state index contributed by atoms with van der Waals surface area (Å²) in [5.41, 5.74) is 0.198. The molecule has 0 bridgehead atoms. The van der Waals surface area contributed by atoms with Gasteiger partial charge in [0.1, 0.15) is 5.82 Å². The van der Waals surface area contributed by atoms with Crippen LogP contribution in [0.2, 0.25) is 0 Å². The lowest BCUT2D eigenvalue weighted by atomic mass is 10.0. The highest BCUT2D eigenvalue weighted by atomic mass is 19.1. The number of benzene rings is 1. The molecule has 0 saturated carbocycles. The number of aliphatic hydroxyl groups excluding tert-OH is 1. The van der Waals surface area contributed by atoms with E-state index in [1.807, 2.05) is 0 Å². The van der Waals surface area contributed by atoms with Crippen LogP contribution in [-0.4, -0.2) is 11.7 Å². The number of hydrogen-bond donors (Lipinski definition) is 1. The van der Waals surface area contributed by atoms with Crippen LogP contribution >= 0.6 is 0 Å². The van der Waals surface area contributed by atoms with Crippen LogP contribution in [0.15, 0.2) is 12.1 Å². The molecule has 0 radical (unpaired) electrons. The molecule has 1 aromatic carbocycles. The van der Waals surface area contributed by atoms with E-state index in [9.17, 15) is 13.9 Å². The number of hydrogen-bond acceptors (Lipinski definition) is 2. The Labute approximate surface area is 73.8 Å². The van der Waals surface area contributed by atoms with Gasteiger partial charge in [-0.1, -0.05) is 0 Å². The summed E-state index contributed by atoms with van der Waals surface area (Å²) in [7, 11) is 0. The van der Waals surface area contributed by atoms with Crippen molar-refractivity contribution in [3.05, 3.63) is 29.3 Å². The Morgan fingerprint density at radius 3 is 2.92 bits per heavy atom.